The molecule has 4 rings (SSSR count). The number of carboxylic acid groups (broad SMARTS) is 1. The fraction of sp³-hybridized carbons (Fsp3) is 0.211. The Labute approximate surface area is 150 Å². The number of aromatic nitrogens is 2. The third-order valence-corrected chi connectivity index (χ3v) is 4.73. The van der Waals surface area contributed by atoms with Gasteiger partial charge in [-0.05, 0) is 36.4 Å². The van der Waals surface area contributed by atoms with Crippen LogP contribution in [0.5, 0.6) is 0 Å². The lowest BCUT2D eigenvalue weighted by Crippen LogP contribution is -2.46. The molecule has 0 spiro atoms. The van der Waals surface area contributed by atoms with Crippen LogP contribution in [0.15, 0.2) is 42.6 Å². The summed E-state index contributed by atoms with van der Waals surface area (Å²) in [6, 6.07) is 13.0. The molecular formula is C19H17N5O2. The second-order valence-electron chi connectivity index (χ2n) is 6.21. The zero-order valence-corrected chi connectivity index (χ0v) is 14.0. The number of hydrogen-bond donors (Lipinski definition) is 2. The molecule has 0 aliphatic carbocycles. The van der Waals surface area contributed by atoms with Crippen molar-refractivity contribution in [2.45, 2.75) is 0 Å². The molecular weight excluding hydrogens is 330 g/mol. The van der Waals surface area contributed by atoms with E-state index in [9.17, 15) is 4.79 Å². The lowest BCUT2D eigenvalue weighted by Gasteiger charge is -2.36. The van der Waals surface area contributed by atoms with E-state index in [0.29, 0.717) is 11.1 Å². The Balaban J connectivity index is 1.46. The normalized spacial score (nSPS) is 14.4. The van der Waals surface area contributed by atoms with E-state index in [0.717, 1.165) is 48.7 Å². The highest BCUT2D eigenvalue weighted by atomic mass is 16.4. The van der Waals surface area contributed by atoms with Crippen LogP contribution in [0.1, 0.15) is 15.9 Å². The fourth-order valence-electron chi connectivity index (χ4n) is 3.27. The van der Waals surface area contributed by atoms with Gasteiger partial charge < -0.3 is 19.9 Å². The maximum atomic E-state index is 11.0. The average molecular weight is 347 g/mol. The first kappa shape index (κ1) is 16.0. The standard InChI is InChI=1S/C19H17N5O2/c20-11-14-12-21-18-16(14)5-6-17(22-18)24-9-7-23(8-10-24)15-3-1-13(2-4-15)19(25)26/h1-6,12H,7-10H2,(H,21,22)(H,25,26). The number of carboxylic acids is 1. The first-order valence-corrected chi connectivity index (χ1v) is 8.37. The zero-order valence-electron chi connectivity index (χ0n) is 14.0. The lowest BCUT2D eigenvalue weighted by molar-refractivity contribution is 0.0697. The van der Waals surface area contributed by atoms with Gasteiger partial charge in [0.05, 0.1) is 11.1 Å². The number of benzene rings is 1. The van der Waals surface area contributed by atoms with Gasteiger partial charge >= 0.3 is 5.97 Å². The number of nitrogens with zero attached hydrogens (tertiary/aromatic N) is 4. The summed E-state index contributed by atoms with van der Waals surface area (Å²) in [7, 11) is 0. The predicted molar refractivity (Wildman–Crippen MR) is 98.6 cm³/mol. The summed E-state index contributed by atoms with van der Waals surface area (Å²) in [4.78, 5) is 23.1. The van der Waals surface area contributed by atoms with Crippen LogP contribution in [-0.4, -0.2) is 47.2 Å². The molecule has 1 saturated heterocycles. The van der Waals surface area contributed by atoms with Crippen molar-refractivity contribution in [2.75, 3.05) is 36.0 Å². The van der Waals surface area contributed by atoms with Gasteiger partial charge in [-0.2, -0.15) is 5.26 Å². The predicted octanol–water partition coefficient (Wildman–Crippen LogP) is 2.46. The van der Waals surface area contributed by atoms with Crippen LogP contribution < -0.4 is 9.80 Å². The SMILES string of the molecule is N#Cc1c[nH]c2nc(N3CCN(c4ccc(C(=O)O)cc4)CC3)ccc12. The largest absolute Gasteiger partial charge is 0.478 e. The van der Waals surface area contributed by atoms with E-state index in [4.69, 9.17) is 10.4 Å². The molecule has 0 amide bonds. The van der Waals surface area contributed by atoms with Crippen molar-refractivity contribution in [2.24, 2.45) is 0 Å². The third-order valence-electron chi connectivity index (χ3n) is 4.73. The number of aromatic amines is 1. The second kappa shape index (κ2) is 6.41. The Kier molecular flexibility index (Phi) is 3.93. The van der Waals surface area contributed by atoms with E-state index >= 15 is 0 Å². The van der Waals surface area contributed by atoms with Crippen molar-refractivity contribution < 1.29 is 9.90 Å². The molecule has 0 unspecified atom stereocenters. The Hall–Kier alpha value is -3.53. The molecule has 3 heterocycles. The van der Waals surface area contributed by atoms with Crippen LogP contribution in [0.2, 0.25) is 0 Å². The minimum absolute atomic E-state index is 0.299. The van der Waals surface area contributed by atoms with Crippen molar-refractivity contribution in [3.8, 4) is 6.07 Å². The summed E-state index contributed by atoms with van der Waals surface area (Å²) in [5.41, 5.74) is 2.66. The van der Waals surface area contributed by atoms with Crippen molar-refractivity contribution >= 4 is 28.5 Å². The van der Waals surface area contributed by atoms with Gasteiger partial charge in [-0.25, -0.2) is 9.78 Å². The van der Waals surface area contributed by atoms with Crippen LogP contribution in [-0.2, 0) is 0 Å². The highest BCUT2D eigenvalue weighted by molar-refractivity contribution is 5.88. The summed E-state index contributed by atoms with van der Waals surface area (Å²) in [5.74, 6) is -0.0172. The van der Waals surface area contributed by atoms with Gasteiger partial charge in [-0.3, -0.25) is 0 Å². The summed E-state index contributed by atoms with van der Waals surface area (Å²) < 4.78 is 0. The number of nitrogens with one attached hydrogen (secondary N) is 1. The second-order valence-corrected chi connectivity index (χ2v) is 6.21. The first-order valence-electron chi connectivity index (χ1n) is 8.37. The summed E-state index contributed by atoms with van der Waals surface area (Å²) >= 11 is 0. The van der Waals surface area contributed by atoms with Gasteiger partial charge in [-0.15, -0.1) is 0 Å². The lowest BCUT2D eigenvalue weighted by atomic mass is 10.2. The smallest absolute Gasteiger partial charge is 0.335 e. The van der Waals surface area contributed by atoms with Crippen LogP contribution in [0.4, 0.5) is 11.5 Å². The molecule has 1 fully saturated rings. The topological polar surface area (TPSA) is 96.3 Å². The van der Waals surface area contributed by atoms with E-state index in [-0.39, 0.29) is 0 Å². The van der Waals surface area contributed by atoms with Gasteiger partial charge in [0.25, 0.3) is 0 Å². The third kappa shape index (κ3) is 2.82. The molecule has 1 aromatic carbocycles. The summed E-state index contributed by atoms with van der Waals surface area (Å²) in [6.07, 6.45) is 1.68. The van der Waals surface area contributed by atoms with Gasteiger partial charge in [0, 0.05) is 43.4 Å². The fourth-order valence-corrected chi connectivity index (χ4v) is 3.27. The summed E-state index contributed by atoms with van der Waals surface area (Å²) in [6.45, 7) is 3.32. The van der Waals surface area contributed by atoms with Crippen LogP contribution in [0.25, 0.3) is 11.0 Å². The monoisotopic (exact) mass is 347 g/mol. The molecule has 0 atom stereocenters. The molecule has 130 valence electrons. The van der Waals surface area contributed by atoms with Crippen LogP contribution >= 0.6 is 0 Å². The number of aromatic carboxylic acids is 1. The van der Waals surface area contributed by atoms with Crippen LogP contribution in [0, 0.1) is 11.3 Å². The van der Waals surface area contributed by atoms with Gasteiger partial charge in [0.2, 0.25) is 0 Å². The van der Waals surface area contributed by atoms with Gasteiger partial charge in [0.15, 0.2) is 0 Å². The Bertz CT molecular complexity index is 995. The number of hydrogen-bond acceptors (Lipinski definition) is 5. The Morgan fingerprint density at radius 1 is 1.08 bits per heavy atom. The highest BCUT2D eigenvalue weighted by Crippen LogP contribution is 2.23. The van der Waals surface area contributed by atoms with Gasteiger partial charge in [-0.1, -0.05) is 0 Å². The van der Waals surface area contributed by atoms with E-state index < -0.39 is 5.97 Å². The quantitative estimate of drug-likeness (QED) is 0.755. The summed E-state index contributed by atoms with van der Waals surface area (Å²) in [5, 5.41) is 18.9. The highest BCUT2D eigenvalue weighted by Gasteiger charge is 2.19. The molecule has 7 heteroatoms. The minimum atomic E-state index is -0.910. The minimum Gasteiger partial charge on any atom is -0.478 e. The molecule has 26 heavy (non-hydrogen) atoms. The molecule has 7 nitrogen and oxygen atoms in total. The Morgan fingerprint density at radius 2 is 1.77 bits per heavy atom. The number of pyridine rings is 1. The first-order chi connectivity index (χ1) is 12.7. The van der Waals surface area contributed by atoms with Crippen molar-refractivity contribution in [1.82, 2.24) is 9.97 Å². The maximum Gasteiger partial charge on any atom is 0.335 e. The van der Waals surface area contributed by atoms with E-state index in [2.05, 4.69) is 25.8 Å². The molecule has 2 N–H and O–H groups in total. The number of nitriles is 1. The molecule has 1 aliphatic rings. The number of H-pyrrole nitrogens is 1. The molecule has 3 aromatic rings. The molecule has 2 aromatic heterocycles. The van der Waals surface area contributed by atoms with Crippen LogP contribution in [0.3, 0.4) is 0 Å². The van der Waals surface area contributed by atoms with E-state index in [1.807, 2.05) is 24.3 Å². The van der Waals surface area contributed by atoms with Gasteiger partial charge in [0.1, 0.15) is 17.5 Å². The number of fused-ring (bicyclic) bond motifs is 1. The van der Waals surface area contributed by atoms with E-state index in [1.54, 1.807) is 18.3 Å². The number of anilines is 2. The number of rotatable bonds is 3. The van der Waals surface area contributed by atoms with Crippen molar-refractivity contribution in [1.29, 1.82) is 5.26 Å². The molecule has 1 aliphatic heterocycles. The molecule has 0 radical (unpaired) electrons. The van der Waals surface area contributed by atoms with E-state index in [1.165, 1.54) is 0 Å². The number of carbonyl (C=O) groups is 1. The zero-order chi connectivity index (χ0) is 18.1. The molecule has 0 saturated carbocycles. The number of piperazine rings is 1. The van der Waals surface area contributed by atoms with Crippen molar-refractivity contribution in [3.63, 3.8) is 0 Å². The van der Waals surface area contributed by atoms with Crippen molar-refractivity contribution in [3.05, 3.63) is 53.7 Å². The molecule has 0 bridgehead atoms. The Morgan fingerprint density at radius 3 is 2.42 bits per heavy atom. The maximum absolute atomic E-state index is 11.0. The average Bonchev–Trinajstić information content (AvgIpc) is 3.10.